The molecular weight excluding hydrogens is 390 g/mol. The highest BCUT2D eigenvalue weighted by atomic mass is 16.5. The number of nitrogens with zero attached hydrogens (tertiary/aromatic N) is 3. The highest BCUT2D eigenvalue weighted by Gasteiger charge is 2.03. The minimum atomic E-state index is 0.415. The van der Waals surface area contributed by atoms with Gasteiger partial charge in [-0.05, 0) is 72.3 Å². The van der Waals surface area contributed by atoms with Gasteiger partial charge in [0.05, 0.1) is 0 Å². The predicted molar refractivity (Wildman–Crippen MR) is 120 cm³/mol. The summed E-state index contributed by atoms with van der Waals surface area (Å²) in [6, 6.07) is 20.5. The number of hydrogen-bond acceptors (Lipinski definition) is 6. The molecule has 0 spiro atoms. The normalized spacial score (nSPS) is 11.2. The third kappa shape index (κ3) is 5.16. The van der Waals surface area contributed by atoms with Gasteiger partial charge in [0.25, 0.3) is 0 Å². The van der Waals surface area contributed by atoms with Crippen molar-refractivity contribution in [3.8, 4) is 23.1 Å². The molecule has 2 aromatic carbocycles. The van der Waals surface area contributed by atoms with Gasteiger partial charge in [-0.3, -0.25) is 0 Å². The van der Waals surface area contributed by atoms with Crippen LogP contribution in [0.3, 0.4) is 0 Å². The molecule has 154 valence electrons. The van der Waals surface area contributed by atoms with Crippen molar-refractivity contribution in [1.82, 2.24) is 14.8 Å². The zero-order chi connectivity index (χ0) is 21.5. The number of rotatable bonds is 8. The molecule has 0 unspecified atom stereocenters. The van der Waals surface area contributed by atoms with E-state index in [1.807, 2.05) is 72.9 Å². The van der Waals surface area contributed by atoms with Gasteiger partial charge in [-0.2, -0.15) is 5.10 Å². The largest absolute Gasteiger partial charge is 0.489 e. The van der Waals surface area contributed by atoms with Crippen molar-refractivity contribution in [2.45, 2.75) is 6.61 Å². The Morgan fingerprint density at radius 1 is 0.968 bits per heavy atom. The van der Waals surface area contributed by atoms with Crippen LogP contribution in [0, 0.1) is 5.41 Å². The Labute approximate surface area is 179 Å². The fraction of sp³-hybridized carbons (Fsp3) is 0.0417. The van der Waals surface area contributed by atoms with Crippen molar-refractivity contribution in [2.24, 2.45) is 5.73 Å². The molecule has 31 heavy (non-hydrogen) atoms. The third-order valence-corrected chi connectivity index (χ3v) is 4.46. The first kappa shape index (κ1) is 19.9. The quantitative estimate of drug-likeness (QED) is 0.413. The van der Waals surface area contributed by atoms with Gasteiger partial charge in [-0.1, -0.05) is 6.07 Å². The molecule has 7 nitrogen and oxygen atoms in total. The van der Waals surface area contributed by atoms with Crippen molar-refractivity contribution in [2.75, 3.05) is 0 Å². The maximum atomic E-state index is 7.08. The third-order valence-electron chi connectivity index (χ3n) is 4.46. The highest BCUT2D eigenvalue weighted by molar-refractivity contribution is 5.81. The standard InChI is InChI=1S/C24H21N5O2/c25-13-12-23(26)19-3-5-21(6-4-19)31-22-9-7-20(8-10-22)30-17-18-2-11-24(27-16-18)29-15-1-14-28-29/h1-16,25H,17,26H2/b23-12-,25-13?. The second-order valence-corrected chi connectivity index (χ2v) is 6.65. The van der Waals surface area contributed by atoms with Gasteiger partial charge in [-0.15, -0.1) is 0 Å². The van der Waals surface area contributed by atoms with Crippen molar-refractivity contribution < 1.29 is 9.47 Å². The molecule has 0 radical (unpaired) electrons. The van der Waals surface area contributed by atoms with Gasteiger partial charge >= 0.3 is 0 Å². The van der Waals surface area contributed by atoms with Crippen LogP contribution in [0.4, 0.5) is 0 Å². The molecular formula is C24H21N5O2. The summed E-state index contributed by atoms with van der Waals surface area (Å²) in [6.45, 7) is 0.415. The maximum Gasteiger partial charge on any atom is 0.153 e. The number of aromatic nitrogens is 3. The van der Waals surface area contributed by atoms with Crippen molar-refractivity contribution in [1.29, 1.82) is 5.41 Å². The van der Waals surface area contributed by atoms with Gasteiger partial charge in [-0.25, -0.2) is 9.67 Å². The van der Waals surface area contributed by atoms with E-state index < -0.39 is 0 Å². The van der Waals surface area contributed by atoms with E-state index >= 15 is 0 Å². The van der Waals surface area contributed by atoms with Crippen LogP contribution < -0.4 is 15.2 Å². The van der Waals surface area contributed by atoms with Crippen LogP contribution in [0.5, 0.6) is 17.2 Å². The van der Waals surface area contributed by atoms with E-state index in [4.69, 9.17) is 20.6 Å². The summed E-state index contributed by atoms with van der Waals surface area (Å²) < 4.78 is 13.4. The molecule has 4 aromatic rings. The Morgan fingerprint density at radius 3 is 2.29 bits per heavy atom. The molecule has 0 aliphatic rings. The van der Waals surface area contributed by atoms with Crippen LogP contribution in [0.15, 0.2) is 91.4 Å². The van der Waals surface area contributed by atoms with E-state index in [2.05, 4.69) is 10.1 Å². The predicted octanol–water partition coefficient (Wildman–Crippen LogP) is 4.59. The number of nitrogens with two attached hydrogens (primary N) is 1. The first-order valence-electron chi connectivity index (χ1n) is 9.63. The van der Waals surface area contributed by atoms with Crippen LogP contribution in [0.25, 0.3) is 11.5 Å². The molecule has 0 aliphatic heterocycles. The summed E-state index contributed by atoms with van der Waals surface area (Å²) in [5, 5.41) is 11.2. The van der Waals surface area contributed by atoms with Gasteiger partial charge in [0.1, 0.15) is 23.9 Å². The van der Waals surface area contributed by atoms with E-state index in [0.29, 0.717) is 23.8 Å². The first-order chi connectivity index (χ1) is 15.2. The number of hydrogen-bond donors (Lipinski definition) is 2. The van der Waals surface area contributed by atoms with E-state index in [1.54, 1.807) is 23.2 Å². The molecule has 0 saturated carbocycles. The minimum Gasteiger partial charge on any atom is -0.489 e. The molecule has 0 amide bonds. The molecule has 2 aromatic heterocycles. The second kappa shape index (κ2) is 9.41. The minimum absolute atomic E-state index is 0.415. The fourth-order valence-electron chi connectivity index (χ4n) is 2.85. The van der Waals surface area contributed by atoms with E-state index in [-0.39, 0.29) is 0 Å². The second-order valence-electron chi connectivity index (χ2n) is 6.65. The Morgan fingerprint density at radius 2 is 1.68 bits per heavy atom. The lowest BCUT2D eigenvalue weighted by Gasteiger charge is -2.09. The Hall–Kier alpha value is -4.39. The summed E-state index contributed by atoms with van der Waals surface area (Å²) >= 11 is 0. The zero-order valence-corrected chi connectivity index (χ0v) is 16.7. The van der Waals surface area contributed by atoms with Crippen LogP contribution in [0.2, 0.25) is 0 Å². The molecule has 2 heterocycles. The van der Waals surface area contributed by atoms with Gasteiger partial charge < -0.3 is 20.6 Å². The summed E-state index contributed by atoms with van der Waals surface area (Å²) in [7, 11) is 0. The molecule has 0 aliphatic carbocycles. The highest BCUT2D eigenvalue weighted by Crippen LogP contribution is 2.25. The summed E-state index contributed by atoms with van der Waals surface area (Å²) in [5.41, 5.74) is 8.21. The lowest BCUT2D eigenvalue weighted by atomic mass is 10.1. The smallest absolute Gasteiger partial charge is 0.153 e. The van der Waals surface area contributed by atoms with Crippen molar-refractivity contribution >= 4 is 11.9 Å². The fourth-order valence-corrected chi connectivity index (χ4v) is 2.85. The van der Waals surface area contributed by atoms with Gasteiger partial charge in [0.15, 0.2) is 5.82 Å². The summed E-state index contributed by atoms with van der Waals surface area (Å²) in [4.78, 5) is 4.40. The van der Waals surface area contributed by atoms with E-state index in [1.165, 1.54) is 0 Å². The SMILES string of the molecule is N=C/C=C(\N)c1ccc(Oc2ccc(OCc3ccc(-n4cccn4)nc3)cc2)cc1. The van der Waals surface area contributed by atoms with Gasteiger partial charge in [0, 0.05) is 36.1 Å². The number of nitrogens with one attached hydrogen (secondary N) is 1. The molecule has 0 saturated heterocycles. The number of pyridine rings is 1. The average molecular weight is 411 g/mol. The molecule has 0 bridgehead atoms. The lowest BCUT2D eigenvalue weighted by molar-refractivity contribution is 0.305. The van der Waals surface area contributed by atoms with Crippen LogP contribution in [0.1, 0.15) is 11.1 Å². The summed E-state index contributed by atoms with van der Waals surface area (Å²) in [6.07, 6.45) is 8.05. The summed E-state index contributed by atoms with van der Waals surface area (Å²) in [5.74, 6) is 2.90. The molecule has 3 N–H and O–H groups in total. The van der Waals surface area contributed by atoms with Crippen molar-refractivity contribution in [3.63, 3.8) is 0 Å². The van der Waals surface area contributed by atoms with Crippen LogP contribution in [-0.2, 0) is 6.61 Å². The Bertz CT molecular complexity index is 1150. The number of ether oxygens (including phenoxy) is 2. The average Bonchev–Trinajstić information content (AvgIpc) is 3.35. The number of allylic oxidation sites excluding steroid dienone is 1. The molecule has 7 heteroatoms. The monoisotopic (exact) mass is 411 g/mol. The number of benzene rings is 2. The van der Waals surface area contributed by atoms with Crippen LogP contribution >= 0.6 is 0 Å². The maximum absolute atomic E-state index is 7.08. The Kier molecular flexibility index (Phi) is 6.04. The van der Waals surface area contributed by atoms with E-state index in [0.717, 1.165) is 28.9 Å². The topological polar surface area (TPSA) is 99.0 Å². The molecule has 0 fully saturated rings. The Balaban J connectivity index is 1.32. The van der Waals surface area contributed by atoms with Gasteiger partial charge in [0.2, 0.25) is 0 Å². The molecule has 4 rings (SSSR count). The zero-order valence-electron chi connectivity index (χ0n) is 16.7. The van der Waals surface area contributed by atoms with Crippen LogP contribution in [-0.4, -0.2) is 21.0 Å². The van der Waals surface area contributed by atoms with Crippen molar-refractivity contribution in [3.05, 3.63) is 103 Å². The van der Waals surface area contributed by atoms with E-state index in [9.17, 15) is 0 Å². The lowest BCUT2D eigenvalue weighted by Crippen LogP contribution is -2.00. The first-order valence-corrected chi connectivity index (χ1v) is 9.63. The molecule has 0 atom stereocenters.